The molecule has 2 fully saturated rings. The normalized spacial score (nSPS) is 23.8. The number of nitrogens with one attached hydrogen (secondary N) is 1. The molecule has 32 heavy (non-hydrogen) atoms. The minimum Gasteiger partial charge on any atom is -0.393 e. The molecule has 3 atom stereocenters. The van der Waals surface area contributed by atoms with E-state index < -0.39 is 6.10 Å². The molecule has 5 nitrogen and oxygen atoms in total. The molecule has 6 heteroatoms. The van der Waals surface area contributed by atoms with Gasteiger partial charge < -0.3 is 19.8 Å². The van der Waals surface area contributed by atoms with Gasteiger partial charge in [0.25, 0.3) is 0 Å². The number of hydrazone groups is 1. The summed E-state index contributed by atoms with van der Waals surface area (Å²) in [7, 11) is 0. The lowest BCUT2D eigenvalue weighted by Crippen LogP contribution is -2.35. The van der Waals surface area contributed by atoms with E-state index in [1.54, 1.807) is 6.21 Å². The summed E-state index contributed by atoms with van der Waals surface area (Å²) in [5.41, 5.74) is 7.86. The fourth-order valence-electron chi connectivity index (χ4n) is 4.68. The van der Waals surface area contributed by atoms with Crippen LogP contribution in [0.1, 0.15) is 61.4 Å². The molecule has 2 heterocycles. The maximum Gasteiger partial charge on any atom is 0.137 e. The van der Waals surface area contributed by atoms with Gasteiger partial charge in [-0.15, -0.1) is 0 Å². The summed E-state index contributed by atoms with van der Waals surface area (Å²) in [5, 5.41) is 16.5. The maximum atomic E-state index is 10.5. The number of aromatic nitrogens is 1. The number of benzene rings is 2. The summed E-state index contributed by atoms with van der Waals surface area (Å²) in [6.45, 7) is 2.74. The van der Waals surface area contributed by atoms with Gasteiger partial charge >= 0.3 is 0 Å². The second-order valence-electron chi connectivity index (χ2n) is 8.93. The monoisotopic (exact) mass is 451 g/mol. The van der Waals surface area contributed by atoms with E-state index in [4.69, 9.17) is 16.3 Å². The Hall–Kier alpha value is -2.34. The zero-order valence-corrected chi connectivity index (χ0v) is 19.1. The molecular weight excluding hydrogens is 422 g/mol. The molecule has 2 aromatic carbocycles. The molecule has 5 rings (SSSR count). The third kappa shape index (κ3) is 4.56. The van der Waals surface area contributed by atoms with Crippen LogP contribution in [0.5, 0.6) is 0 Å². The van der Waals surface area contributed by atoms with Crippen LogP contribution in [0.25, 0.3) is 10.9 Å². The molecule has 1 aliphatic carbocycles. The third-order valence-electron chi connectivity index (χ3n) is 6.42. The lowest BCUT2D eigenvalue weighted by atomic mass is 10.0. The summed E-state index contributed by atoms with van der Waals surface area (Å²) >= 11 is 6.66. The molecule has 1 aliphatic heterocycles. The highest BCUT2D eigenvalue weighted by atomic mass is 35.5. The van der Waals surface area contributed by atoms with E-state index in [0.717, 1.165) is 34.8 Å². The van der Waals surface area contributed by atoms with E-state index in [-0.39, 0.29) is 12.3 Å². The predicted molar refractivity (Wildman–Crippen MR) is 129 cm³/mol. The first-order valence-corrected chi connectivity index (χ1v) is 12.0. The van der Waals surface area contributed by atoms with Crippen molar-refractivity contribution in [2.75, 3.05) is 6.54 Å². The van der Waals surface area contributed by atoms with Gasteiger partial charge in [0.15, 0.2) is 0 Å². The summed E-state index contributed by atoms with van der Waals surface area (Å²) < 4.78 is 8.45. The van der Waals surface area contributed by atoms with Crippen molar-refractivity contribution < 1.29 is 9.84 Å². The van der Waals surface area contributed by atoms with Crippen LogP contribution in [0.2, 0.25) is 5.02 Å². The van der Waals surface area contributed by atoms with Crippen molar-refractivity contribution in [2.24, 2.45) is 5.10 Å². The van der Waals surface area contributed by atoms with Gasteiger partial charge in [0.05, 0.1) is 29.0 Å². The summed E-state index contributed by atoms with van der Waals surface area (Å²) in [6.07, 6.45) is 7.46. The zero-order valence-electron chi connectivity index (χ0n) is 18.4. The van der Waals surface area contributed by atoms with Gasteiger partial charge in [0.1, 0.15) is 6.23 Å². The molecule has 2 aliphatic rings. The van der Waals surface area contributed by atoms with Gasteiger partial charge in [-0.1, -0.05) is 41.9 Å². The first kappa shape index (κ1) is 21.5. The highest BCUT2D eigenvalue weighted by Gasteiger charge is 2.30. The fraction of sp³-hybridized carbons (Fsp3) is 0.423. The maximum absolute atomic E-state index is 10.5. The number of hydrogen-bond acceptors (Lipinski definition) is 4. The Balaban J connectivity index is 1.45. The van der Waals surface area contributed by atoms with Gasteiger partial charge in [0, 0.05) is 31.0 Å². The topological polar surface area (TPSA) is 58.8 Å². The van der Waals surface area contributed by atoms with E-state index in [9.17, 15) is 5.11 Å². The van der Waals surface area contributed by atoms with Gasteiger partial charge in [0.2, 0.25) is 0 Å². The van der Waals surface area contributed by atoms with Gasteiger partial charge in [-0.2, -0.15) is 5.10 Å². The quantitative estimate of drug-likeness (QED) is 0.373. The molecule has 168 valence electrons. The molecule has 0 unspecified atom stereocenters. The highest BCUT2D eigenvalue weighted by molar-refractivity contribution is 6.35. The van der Waals surface area contributed by atoms with Crippen molar-refractivity contribution in [1.82, 2.24) is 9.99 Å². The number of fused-ring (bicyclic) bond motifs is 1. The number of nitrogens with zero attached hydrogens (tertiary/aromatic N) is 2. The van der Waals surface area contributed by atoms with Crippen molar-refractivity contribution in [2.45, 2.75) is 63.4 Å². The number of aliphatic hydroxyl groups is 1. The Morgan fingerprint density at radius 3 is 2.75 bits per heavy atom. The highest BCUT2D eigenvalue weighted by Crippen LogP contribution is 2.40. The predicted octanol–water partition coefficient (Wildman–Crippen LogP) is 5.40. The third-order valence-corrected chi connectivity index (χ3v) is 6.73. The number of halogens is 1. The first-order valence-electron chi connectivity index (χ1n) is 11.6. The van der Waals surface area contributed by atoms with Crippen molar-refractivity contribution >= 4 is 28.7 Å². The number of rotatable bonds is 7. The largest absolute Gasteiger partial charge is 0.393 e. The van der Waals surface area contributed by atoms with E-state index in [0.29, 0.717) is 12.8 Å². The lowest BCUT2D eigenvalue weighted by Gasteiger charge is -2.32. The van der Waals surface area contributed by atoms with Crippen LogP contribution in [-0.4, -0.2) is 34.6 Å². The average Bonchev–Trinajstić information content (AvgIpc) is 3.56. The molecule has 0 spiro atoms. The summed E-state index contributed by atoms with van der Waals surface area (Å²) in [5.74, 6) is 0.763. The summed E-state index contributed by atoms with van der Waals surface area (Å²) in [4.78, 5) is 0. The molecule has 3 aromatic rings. The molecule has 0 bridgehead atoms. The smallest absolute Gasteiger partial charge is 0.137 e. The molecule has 1 saturated carbocycles. The second-order valence-corrected chi connectivity index (χ2v) is 9.34. The van der Waals surface area contributed by atoms with Crippen LogP contribution < -0.4 is 5.43 Å². The molecule has 1 aromatic heterocycles. The second kappa shape index (κ2) is 9.26. The van der Waals surface area contributed by atoms with E-state index in [2.05, 4.69) is 51.6 Å². The minimum absolute atomic E-state index is 0.238. The Morgan fingerprint density at radius 1 is 1.19 bits per heavy atom. The van der Waals surface area contributed by atoms with Crippen molar-refractivity contribution in [3.8, 4) is 0 Å². The van der Waals surface area contributed by atoms with Gasteiger partial charge in [-0.25, -0.2) is 0 Å². The first-order chi connectivity index (χ1) is 15.6. The fourth-order valence-corrected chi connectivity index (χ4v) is 4.97. The van der Waals surface area contributed by atoms with Gasteiger partial charge in [-0.3, -0.25) is 0 Å². The van der Waals surface area contributed by atoms with E-state index in [1.165, 1.54) is 29.5 Å². The lowest BCUT2D eigenvalue weighted by molar-refractivity contribution is -0.0997. The van der Waals surface area contributed by atoms with Gasteiger partial charge in [-0.05, 0) is 60.9 Å². The van der Waals surface area contributed by atoms with Crippen LogP contribution in [0.3, 0.4) is 0 Å². The minimum atomic E-state index is -0.443. The Kier molecular flexibility index (Phi) is 6.22. The Morgan fingerprint density at radius 2 is 2.00 bits per heavy atom. The molecule has 2 N–H and O–H groups in total. The summed E-state index contributed by atoms with van der Waals surface area (Å²) in [6, 6.07) is 15.0. The van der Waals surface area contributed by atoms with Crippen molar-refractivity contribution in [3.05, 3.63) is 70.4 Å². The van der Waals surface area contributed by atoms with Crippen LogP contribution in [0.15, 0.2) is 53.8 Å². The molecule has 0 radical (unpaired) electrons. The van der Waals surface area contributed by atoms with Crippen LogP contribution in [0, 0.1) is 0 Å². The van der Waals surface area contributed by atoms with Crippen LogP contribution >= 0.6 is 11.6 Å². The molecule has 1 saturated heterocycles. The number of ether oxygens (including phenoxy) is 1. The SMILES string of the molecule is CCN/N=C/[C@@H]1C[C@H](O)C[C@H](n2cc(Cc3ccc(C4CC4)cc3)c3c(Cl)cccc32)O1. The molecular formula is C26H30ClN3O2. The Bertz CT molecular complexity index is 1100. The van der Waals surface area contributed by atoms with Crippen molar-refractivity contribution in [1.29, 1.82) is 0 Å². The van der Waals surface area contributed by atoms with Crippen molar-refractivity contribution in [3.63, 3.8) is 0 Å². The standard InChI is InChI=1S/C26H30ClN3O2/c1-2-28-29-15-22-13-21(31)14-25(32-22)30-16-20(26-23(27)4-3-5-24(26)30)12-17-6-8-18(9-7-17)19-10-11-19/h3-9,15-16,19,21-22,25,28,31H,2,10-14H2,1H3/b29-15+/t21-,22-,25+/m0/s1. The number of aliphatic hydroxyl groups excluding tert-OH is 1. The average molecular weight is 452 g/mol. The van der Waals surface area contributed by atoms with Crippen LogP contribution in [-0.2, 0) is 11.2 Å². The Labute approximate surface area is 194 Å². The molecule has 0 amide bonds. The van der Waals surface area contributed by atoms with E-state index >= 15 is 0 Å². The van der Waals surface area contributed by atoms with E-state index in [1.807, 2.05) is 19.1 Å². The van der Waals surface area contributed by atoms with Crippen LogP contribution in [0.4, 0.5) is 0 Å². The number of hydrogen-bond donors (Lipinski definition) is 2. The zero-order chi connectivity index (χ0) is 22.1.